The second kappa shape index (κ2) is 6.96. The van der Waals surface area contributed by atoms with Gasteiger partial charge >= 0.3 is 5.97 Å². The van der Waals surface area contributed by atoms with E-state index >= 15 is 0 Å². The predicted octanol–water partition coefficient (Wildman–Crippen LogP) is 1.71. The highest BCUT2D eigenvalue weighted by Gasteiger charge is 2.19. The van der Waals surface area contributed by atoms with E-state index in [0.29, 0.717) is 12.2 Å². The minimum atomic E-state index is -0.924. The number of hydrogen-bond acceptors (Lipinski definition) is 3. The van der Waals surface area contributed by atoms with Crippen molar-refractivity contribution in [1.82, 2.24) is 5.32 Å². The lowest BCUT2D eigenvalue weighted by Gasteiger charge is -2.24. The van der Waals surface area contributed by atoms with Crippen molar-refractivity contribution in [1.29, 1.82) is 0 Å². The summed E-state index contributed by atoms with van der Waals surface area (Å²) >= 11 is 0. The van der Waals surface area contributed by atoms with E-state index in [4.69, 9.17) is 5.11 Å². The molecule has 100 valence electrons. The molecular formula is C13H19FN2O2. The van der Waals surface area contributed by atoms with Crippen LogP contribution in [0.5, 0.6) is 0 Å². The Kier molecular flexibility index (Phi) is 5.58. The largest absolute Gasteiger partial charge is 0.480 e. The summed E-state index contributed by atoms with van der Waals surface area (Å²) in [5.74, 6) is -1.27. The summed E-state index contributed by atoms with van der Waals surface area (Å²) < 4.78 is 13.5. The van der Waals surface area contributed by atoms with Crippen molar-refractivity contribution < 1.29 is 14.3 Å². The molecule has 0 saturated heterocycles. The Morgan fingerprint density at radius 1 is 1.50 bits per heavy atom. The Hall–Kier alpha value is -1.62. The molecule has 0 radical (unpaired) electrons. The van der Waals surface area contributed by atoms with Gasteiger partial charge < -0.3 is 15.3 Å². The van der Waals surface area contributed by atoms with Crippen molar-refractivity contribution in [3.63, 3.8) is 0 Å². The summed E-state index contributed by atoms with van der Waals surface area (Å²) in [6.07, 6.45) is 0.854. The summed E-state index contributed by atoms with van der Waals surface area (Å²) in [6.45, 7) is 2.81. The Labute approximate surface area is 106 Å². The van der Waals surface area contributed by atoms with E-state index in [-0.39, 0.29) is 12.4 Å². The van der Waals surface area contributed by atoms with E-state index in [1.54, 1.807) is 30.1 Å². The van der Waals surface area contributed by atoms with Gasteiger partial charge in [0.2, 0.25) is 0 Å². The van der Waals surface area contributed by atoms with Gasteiger partial charge in [0.25, 0.3) is 0 Å². The fourth-order valence-corrected chi connectivity index (χ4v) is 1.68. The van der Waals surface area contributed by atoms with E-state index in [9.17, 15) is 9.18 Å². The quantitative estimate of drug-likeness (QED) is 0.778. The molecular weight excluding hydrogens is 235 g/mol. The first kappa shape index (κ1) is 14.4. The third-order valence-electron chi connectivity index (χ3n) is 2.66. The predicted molar refractivity (Wildman–Crippen MR) is 69.4 cm³/mol. The zero-order chi connectivity index (χ0) is 13.5. The van der Waals surface area contributed by atoms with Crippen LogP contribution in [0.1, 0.15) is 13.3 Å². The van der Waals surface area contributed by atoms with Crippen LogP contribution in [0.4, 0.5) is 10.1 Å². The molecule has 1 unspecified atom stereocenters. The maximum atomic E-state index is 13.5. The molecule has 0 aromatic heterocycles. The number of benzene rings is 1. The number of para-hydroxylation sites is 1. The number of rotatable bonds is 7. The summed E-state index contributed by atoms with van der Waals surface area (Å²) in [6, 6.07) is 5.63. The van der Waals surface area contributed by atoms with Gasteiger partial charge in [0.05, 0.1) is 5.69 Å². The van der Waals surface area contributed by atoms with E-state index in [1.165, 1.54) is 6.07 Å². The number of anilines is 1. The van der Waals surface area contributed by atoms with Crippen LogP contribution in [0.3, 0.4) is 0 Å². The van der Waals surface area contributed by atoms with Crippen LogP contribution >= 0.6 is 0 Å². The average Bonchev–Trinajstić information content (AvgIpc) is 2.34. The van der Waals surface area contributed by atoms with Gasteiger partial charge in [0.1, 0.15) is 11.9 Å². The van der Waals surface area contributed by atoms with Crippen LogP contribution in [0, 0.1) is 5.82 Å². The lowest BCUT2D eigenvalue weighted by atomic mass is 10.2. The lowest BCUT2D eigenvalue weighted by molar-refractivity contribution is -0.139. The fourth-order valence-electron chi connectivity index (χ4n) is 1.68. The van der Waals surface area contributed by atoms with Crippen LogP contribution in [0.15, 0.2) is 24.3 Å². The van der Waals surface area contributed by atoms with Crippen molar-refractivity contribution in [2.75, 3.05) is 25.0 Å². The number of carboxylic acid groups (broad SMARTS) is 1. The van der Waals surface area contributed by atoms with Crippen molar-refractivity contribution in [2.24, 2.45) is 0 Å². The third kappa shape index (κ3) is 4.00. The molecule has 0 saturated carbocycles. The molecule has 0 bridgehead atoms. The van der Waals surface area contributed by atoms with Gasteiger partial charge in [0.15, 0.2) is 0 Å². The Morgan fingerprint density at radius 2 is 2.17 bits per heavy atom. The second-order valence-corrected chi connectivity index (χ2v) is 4.18. The van der Waals surface area contributed by atoms with Crippen molar-refractivity contribution in [2.45, 2.75) is 19.4 Å². The number of nitrogens with one attached hydrogen (secondary N) is 1. The van der Waals surface area contributed by atoms with Crippen LogP contribution in [-0.2, 0) is 4.79 Å². The summed E-state index contributed by atoms with van der Waals surface area (Å²) in [5.41, 5.74) is 0.405. The maximum Gasteiger partial charge on any atom is 0.322 e. The van der Waals surface area contributed by atoms with Crippen LogP contribution in [0.25, 0.3) is 0 Å². The number of aliphatic carboxylic acids is 1. The van der Waals surface area contributed by atoms with Crippen molar-refractivity contribution in [3.8, 4) is 0 Å². The molecule has 1 atom stereocenters. The van der Waals surface area contributed by atoms with Gasteiger partial charge in [-0.25, -0.2) is 4.39 Å². The first-order chi connectivity index (χ1) is 8.56. The van der Waals surface area contributed by atoms with Crippen molar-refractivity contribution >= 4 is 11.7 Å². The number of hydrogen-bond donors (Lipinski definition) is 2. The molecule has 0 fully saturated rings. The van der Waals surface area contributed by atoms with Crippen LogP contribution in [-0.4, -0.2) is 37.3 Å². The Bertz CT molecular complexity index is 398. The molecule has 0 aliphatic heterocycles. The molecule has 0 heterocycles. The van der Waals surface area contributed by atoms with E-state index in [1.807, 2.05) is 6.92 Å². The molecule has 1 aromatic rings. The van der Waals surface area contributed by atoms with Gasteiger partial charge in [-0.2, -0.15) is 0 Å². The maximum absolute atomic E-state index is 13.5. The van der Waals surface area contributed by atoms with Crippen LogP contribution < -0.4 is 10.2 Å². The highest BCUT2D eigenvalue weighted by Crippen LogP contribution is 2.17. The standard InChI is InChI=1S/C13H19FN2O2/c1-3-8-15-11(13(17)18)9-16(2)12-7-5-4-6-10(12)14/h4-7,11,15H,3,8-9H2,1-2H3,(H,17,18). The highest BCUT2D eigenvalue weighted by molar-refractivity contribution is 5.74. The van der Waals surface area contributed by atoms with Crippen LogP contribution in [0.2, 0.25) is 0 Å². The number of carboxylic acids is 1. The third-order valence-corrected chi connectivity index (χ3v) is 2.66. The zero-order valence-corrected chi connectivity index (χ0v) is 10.7. The zero-order valence-electron chi connectivity index (χ0n) is 10.7. The minimum absolute atomic E-state index is 0.219. The summed E-state index contributed by atoms with van der Waals surface area (Å²) in [7, 11) is 1.68. The van der Waals surface area contributed by atoms with Gasteiger partial charge in [-0.3, -0.25) is 4.79 Å². The molecule has 2 N–H and O–H groups in total. The fraction of sp³-hybridized carbons (Fsp3) is 0.462. The molecule has 18 heavy (non-hydrogen) atoms. The number of halogens is 1. The summed E-state index contributed by atoms with van der Waals surface area (Å²) in [4.78, 5) is 12.7. The lowest BCUT2D eigenvalue weighted by Crippen LogP contribution is -2.45. The highest BCUT2D eigenvalue weighted by atomic mass is 19.1. The monoisotopic (exact) mass is 254 g/mol. The van der Waals surface area contributed by atoms with E-state index in [0.717, 1.165) is 6.42 Å². The number of nitrogens with zero attached hydrogens (tertiary/aromatic N) is 1. The molecule has 0 amide bonds. The van der Waals surface area contributed by atoms with E-state index in [2.05, 4.69) is 5.32 Å². The van der Waals surface area contributed by atoms with Crippen molar-refractivity contribution in [3.05, 3.63) is 30.1 Å². The normalized spacial score (nSPS) is 12.2. The second-order valence-electron chi connectivity index (χ2n) is 4.18. The molecule has 1 aromatic carbocycles. The van der Waals surface area contributed by atoms with Gasteiger partial charge in [-0.05, 0) is 25.1 Å². The molecule has 4 nitrogen and oxygen atoms in total. The average molecular weight is 254 g/mol. The smallest absolute Gasteiger partial charge is 0.322 e. The van der Waals surface area contributed by atoms with Gasteiger partial charge in [0, 0.05) is 13.6 Å². The summed E-state index contributed by atoms with van der Waals surface area (Å²) in [5, 5.41) is 12.0. The van der Waals surface area contributed by atoms with E-state index < -0.39 is 12.0 Å². The first-order valence-electron chi connectivity index (χ1n) is 5.98. The SMILES string of the molecule is CCCNC(CN(C)c1ccccc1F)C(=O)O. The Morgan fingerprint density at radius 3 is 2.72 bits per heavy atom. The van der Waals surface area contributed by atoms with Gasteiger partial charge in [-0.15, -0.1) is 0 Å². The molecule has 1 rings (SSSR count). The molecule has 0 aliphatic rings. The number of likely N-dealkylation sites (N-methyl/N-ethyl adjacent to an activating group) is 1. The topological polar surface area (TPSA) is 52.6 Å². The Balaban J connectivity index is 2.69. The molecule has 0 spiro atoms. The first-order valence-corrected chi connectivity index (χ1v) is 5.98. The molecule has 5 heteroatoms. The number of carbonyl (C=O) groups is 1. The minimum Gasteiger partial charge on any atom is -0.480 e. The van der Waals surface area contributed by atoms with Gasteiger partial charge in [-0.1, -0.05) is 19.1 Å². The molecule has 0 aliphatic carbocycles.